The Kier molecular flexibility index (Phi) is 3.54. The standard InChI is InChI=1S/C9H15NO2/c1-12-8-2-3-9(11)4-6-10-7-5-9/h10-11H,4-8H2,1H3. The lowest BCUT2D eigenvalue weighted by Crippen LogP contribution is -2.40. The van der Waals surface area contributed by atoms with Gasteiger partial charge in [-0.15, -0.1) is 0 Å². The lowest BCUT2D eigenvalue weighted by molar-refractivity contribution is 0.0676. The van der Waals surface area contributed by atoms with Gasteiger partial charge in [-0.2, -0.15) is 0 Å². The predicted octanol–water partition coefficient (Wildman–Crippen LogP) is -0.249. The number of piperidine rings is 1. The summed E-state index contributed by atoms with van der Waals surface area (Å²) in [5, 5.41) is 13.0. The maximum absolute atomic E-state index is 9.83. The van der Waals surface area contributed by atoms with Gasteiger partial charge in [0.1, 0.15) is 12.2 Å². The molecule has 0 radical (unpaired) electrons. The highest BCUT2D eigenvalue weighted by Gasteiger charge is 2.26. The third-order valence-corrected chi connectivity index (χ3v) is 1.97. The van der Waals surface area contributed by atoms with E-state index in [-0.39, 0.29) is 0 Å². The minimum absolute atomic E-state index is 0.399. The van der Waals surface area contributed by atoms with Crippen LogP contribution in [0.3, 0.4) is 0 Å². The van der Waals surface area contributed by atoms with E-state index >= 15 is 0 Å². The van der Waals surface area contributed by atoms with Gasteiger partial charge >= 0.3 is 0 Å². The minimum Gasteiger partial charge on any atom is -0.378 e. The second kappa shape index (κ2) is 4.46. The van der Waals surface area contributed by atoms with Gasteiger partial charge in [-0.3, -0.25) is 0 Å². The van der Waals surface area contributed by atoms with Gasteiger partial charge in [0, 0.05) is 7.11 Å². The van der Waals surface area contributed by atoms with Gasteiger partial charge in [-0.25, -0.2) is 0 Å². The number of nitrogens with one attached hydrogen (secondary N) is 1. The fraction of sp³-hybridized carbons (Fsp3) is 0.778. The predicted molar refractivity (Wildman–Crippen MR) is 46.7 cm³/mol. The first-order valence-electron chi connectivity index (χ1n) is 4.19. The van der Waals surface area contributed by atoms with Crippen molar-refractivity contribution < 1.29 is 9.84 Å². The molecular formula is C9H15NO2. The van der Waals surface area contributed by atoms with Crippen molar-refractivity contribution in [3.05, 3.63) is 0 Å². The first-order valence-corrected chi connectivity index (χ1v) is 4.19. The van der Waals surface area contributed by atoms with Gasteiger partial charge in [0.25, 0.3) is 0 Å². The summed E-state index contributed by atoms with van der Waals surface area (Å²) in [6.07, 6.45) is 1.42. The Hall–Kier alpha value is -0.560. The molecule has 0 unspecified atom stereocenters. The van der Waals surface area contributed by atoms with E-state index < -0.39 is 5.60 Å². The highest BCUT2D eigenvalue weighted by atomic mass is 16.5. The van der Waals surface area contributed by atoms with Crippen LogP contribution in [0.15, 0.2) is 0 Å². The third kappa shape index (κ3) is 2.82. The van der Waals surface area contributed by atoms with Crippen molar-refractivity contribution in [2.45, 2.75) is 18.4 Å². The van der Waals surface area contributed by atoms with Crippen LogP contribution in [-0.2, 0) is 4.74 Å². The quantitative estimate of drug-likeness (QED) is 0.532. The smallest absolute Gasteiger partial charge is 0.128 e. The van der Waals surface area contributed by atoms with E-state index in [1.54, 1.807) is 7.11 Å². The van der Waals surface area contributed by atoms with Crippen LogP contribution in [0.1, 0.15) is 12.8 Å². The Bertz CT molecular complexity index is 186. The van der Waals surface area contributed by atoms with E-state index in [1.807, 2.05) is 0 Å². The van der Waals surface area contributed by atoms with E-state index in [2.05, 4.69) is 17.2 Å². The van der Waals surface area contributed by atoms with Gasteiger partial charge in [0.05, 0.1) is 0 Å². The molecule has 1 saturated heterocycles. The SMILES string of the molecule is COCC#CC1(O)CCNCC1. The maximum atomic E-state index is 9.83. The first kappa shape index (κ1) is 9.53. The molecule has 0 aromatic carbocycles. The van der Waals surface area contributed by atoms with Crippen LogP contribution in [0, 0.1) is 11.8 Å². The number of hydrogen-bond acceptors (Lipinski definition) is 3. The van der Waals surface area contributed by atoms with Crippen molar-refractivity contribution in [3.8, 4) is 11.8 Å². The molecule has 0 amide bonds. The molecule has 0 atom stereocenters. The molecule has 12 heavy (non-hydrogen) atoms. The van der Waals surface area contributed by atoms with Gasteiger partial charge in [0.2, 0.25) is 0 Å². The van der Waals surface area contributed by atoms with Crippen LogP contribution < -0.4 is 5.32 Å². The zero-order chi connectivity index (χ0) is 8.86. The number of hydrogen-bond donors (Lipinski definition) is 2. The minimum atomic E-state index is -0.774. The number of rotatable bonds is 1. The molecule has 0 aliphatic carbocycles. The first-order chi connectivity index (χ1) is 5.77. The Morgan fingerprint density at radius 2 is 2.17 bits per heavy atom. The van der Waals surface area contributed by atoms with Gasteiger partial charge < -0.3 is 15.2 Å². The summed E-state index contributed by atoms with van der Waals surface area (Å²) in [5.41, 5.74) is -0.774. The molecule has 68 valence electrons. The zero-order valence-corrected chi connectivity index (χ0v) is 7.39. The van der Waals surface area contributed by atoms with Gasteiger partial charge in [0.15, 0.2) is 0 Å². The number of methoxy groups -OCH3 is 1. The van der Waals surface area contributed by atoms with Crippen molar-refractivity contribution in [2.24, 2.45) is 0 Å². The van der Waals surface area contributed by atoms with Crippen molar-refractivity contribution in [3.63, 3.8) is 0 Å². The summed E-state index contributed by atoms with van der Waals surface area (Å²) in [6.45, 7) is 2.09. The fourth-order valence-corrected chi connectivity index (χ4v) is 1.24. The van der Waals surface area contributed by atoms with E-state index in [0.29, 0.717) is 19.4 Å². The van der Waals surface area contributed by atoms with E-state index in [4.69, 9.17) is 4.74 Å². The average molecular weight is 169 g/mol. The zero-order valence-electron chi connectivity index (χ0n) is 7.39. The lowest BCUT2D eigenvalue weighted by atomic mass is 9.93. The average Bonchev–Trinajstić information content (AvgIpc) is 2.06. The highest BCUT2D eigenvalue weighted by Crippen LogP contribution is 2.15. The highest BCUT2D eigenvalue weighted by molar-refractivity contribution is 5.15. The molecule has 1 fully saturated rings. The van der Waals surface area contributed by atoms with Crippen LogP contribution in [0.4, 0.5) is 0 Å². The van der Waals surface area contributed by atoms with Crippen LogP contribution in [0.2, 0.25) is 0 Å². The second-order valence-electron chi connectivity index (χ2n) is 3.02. The van der Waals surface area contributed by atoms with Crippen molar-refractivity contribution in [1.82, 2.24) is 5.32 Å². The molecule has 0 bridgehead atoms. The molecule has 1 aliphatic rings. The second-order valence-corrected chi connectivity index (χ2v) is 3.02. The fourth-order valence-electron chi connectivity index (χ4n) is 1.24. The largest absolute Gasteiger partial charge is 0.378 e. The van der Waals surface area contributed by atoms with Crippen LogP contribution in [0.5, 0.6) is 0 Å². The Morgan fingerprint density at radius 3 is 2.75 bits per heavy atom. The summed E-state index contributed by atoms with van der Waals surface area (Å²) in [7, 11) is 1.60. The van der Waals surface area contributed by atoms with Crippen molar-refractivity contribution >= 4 is 0 Å². The molecule has 1 heterocycles. The molecule has 0 spiro atoms. The molecular weight excluding hydrogens is 154 g/mol. The van der Waals surface area contributed by atoms with Crippen LogP contribution in [-0.4, -0.2) is 37.5 Å². The van der Waals surface area contributed by atoms with Gasteiger partial charge in [-0.05, 0) is 25.9 Å². The number of ether oxygens (including phenoxy) is 1. The van der Waals surface area contributed by atoms with Crippen molar-refractivity contribution in [1.29, 1.82) is 0 Å². The Labute approximate surface area is 73.1 Å². The van der Waals surface area contributed by atoms with Crippen LogP contribution >= 0.6 is 0 Å². The normalized spacial score (nSPS) is 21.2. The lowest BCUT2D eigenvalue weighted by Gasteiger charge is -2.27. The summed E-state index contributed by atoms with van der Waals surface area (Å²) in [4.78, 5) is 0. The molecule has 3 heteroatoms. The summed E-state index contributed by atoms with van der Waals surface area (Å²) < 4.78 is 4.78. The van der Waals surface area contributed by atoms with E-state index in [0.717, 1.165) is 13.1 Å². The van der Waals surface area contributed by atoms with Crippen LogP contribution in [0.25, 0.3) is 0 Å². The Balaban J connectivity index is 2.42. The molecule has 2 N–H and O–H groups in total. The van der Waals surface area contributed by atoms with E-state index in [9.17, 15) is 5.11 Å². The van der Waals surface area contributed by atoms with Gasteiger partial charge in [-0.1, -0.05) is 11.8 Å². The summed E-state index contributed by atoms with van der Waals surface area (Å²) >= 11 is 0. The van der Waals surface area contributed by atoms with E-state index in [1.165, 1.54) is 0 Å². The molecule has 1 rings (SSSR count). The molecule has 0 aromatic rings. The number of aliphatic hydroxyl groups is 1. The molecule has 0 aromatic heterocycles. The maximum Gasteiger partial charge on any atom is 0.128 e. The third-order valence-electron chi connectivity index (χ3n) is 1.97. The molecule has 0 saturated carbocycles. The topological polar surface area (TPSA) is 41.5 Å². The molecule has 1 aliphatic heterocycles. The van der Waals surface area contributed by atoms with Crippen molar-refractivity contribution in [2.75, 3.05) is 26.8 Å². The summed E-state index contributed by atoms with van der Waals surface area (Å²) in [6, 6.07) is 0. The summed E-state index contributed by atoms with van der Waals surface area (Å²) in [5.74, 6) is 5.63. The molecule has 3 nitrogen and oxygen atoms in total. The monoisotopic (exact) mass is 169 g/mol. The Morgan fingerprint density at radius 1 is 1.50 bits per heavy atom.